The molecule has 4 nitrogen and oxygen atoms in total. The summed E-state index contributed by atoms with van der Waals surface area (Å²) in [7, 11) is 0. The molecule has 1 heterocycles. The Kier molecular flexibility index (Phi) is 6.45. The fourth-order valence-electron chi connectivity index (χ4n) is 3.74. The number of aryl methyl sites for hydroxylation is 1. The number of rotatable bonds is 5. The van der Waals surface area contributed by atoms with Crippen molar-refractivity contribution in [2.75, 3.05) is 19.6 Å². The summed E-state index contributed by atoms with van der Waals surface area (Å²) in [5.74, 6) is -0.595. The lowest BCUT2D eigenvalue weighted by Gasteiger charge is -2.35. The maximum atomic E-state index is 13.1. The van der Waals surface area contributed by atoms with Gasteiger partial charge in [0.15, 0.2) is 0 Å². The van der Waals surface area contributed by atoms with Crippen LogP contribution in [0.4, 0.5) is 4.39 Å². The molecule has 2 aromatic carbocycles. The first-order valence-electron chi connectivity index (χ1n) is 9.87. The summed E-state index contributed by atoms with van der Waals surface area (Å²) in [5, 5.41) is 0. The summed E-state index contributed by atoms with van der Waals surface area (Å²) >= 11 is 0. The van der Waals surface area contributed by atoms with E-state index in [0.29, 0.717) is 31.7 Å². The van der Waals surface area contributed by atoms with E-state index in [9.17, 15) is 14.0 Å². The largest absolute Gasteiger partial charge is 0.338 e. The molecule has 0 radical (unpaired) electrons. The van der Waals surface area contributed by atoms with Crippen molar-refractivity contribution in [1.82, 2.24) is 9.80 Å². The van der Waals surface area contributed by atoms with Gasteiger partial charge in [-0.05, 0) is 62.1 Å². The predicted octanol–water partition coefficient (Wildman–Crippen LogP) is 4.04. The third-order valence-corrected chi connectivity index (χ3v) is 5.46. The summed E-state index contributed by atoms with van der Waals surface area (Å²) in [6, 6.07) is 13.7. The quantitative estimate of drug-likeness (QED) is 0.783. The molecule has 0 saturated carbocycles. The highest BCUT2D eigenvalue weighted by atomic mass is 19.1. The van der Waals surface area contributed by atoms with Gasteiger partial charge in [-0.25, -0.2) is 4.39 Å². The van der Waals surface area contributed by atoms with Crippen LogP contribution in [0.3, 0.4) is 0 Å². The molecule has 5 heteroatoms. The molecule has 3 rings (SSSR count). The molecular formula is C23H27FN2O2. The van der Waals surface area contributed by atoms with Crippen molar-refractivity contribution in [2.24, 2.45) is 5.92 Å². The molecule has 1 saturated heterocycles. The monoisotopic (exact) mass is 382 g/mol. The van der Waals surface area contributed by atoms with Gasteiger partial charge in [-0.3, -0.25) is 9.59 Å². The zero-order valence-corrected chi connectivity index (χ0v) is 16.5. The molecule has 2 aromatic rings. The Labute approximate surface area is 166 Å². The lowest BCUT2D eigenvalue weighted by Crippen LogP contribution is -2.46. The van der Waals surface area contributed by atoms with Crippen molar-refractivity contribution in [1.29, 1.82) is 0 Å². The van der Waals surface area contributed by atoms with Crippen LogP contribution < -0.4 is 0 Å². The molecule has 1 aliphatic heterocycles. The Morgan fingerprint density at radius 2 is 1.86 bits per heavy atom. The third kappa shape index (κ3) is 4.58. The second-order valence-corrected chi connectivity index (χ2v) is 7.38. The summed E-state index contributed by atoms with van der Waals surface area (Å²) in [6.07, 6.45) is 1.58. The molecule has 1 fully saturated rings. The van der Waals surface area contributed by atoms with Crippen molar-refractivity contribution in [2.45, 2.75) is 33.2 Å². The standard InChI is InChI=1S/C23H27FN2O2/c1-3-25(15-19-8-5-4-7-17(19)2)23(28)20-9-6-14-26(16-20)22(27)18-10-12-21(24)13-11-18/h4-5,7-8,10-13,20H,3,6,9,14-16H2,1-2H3. The second kappa shape index (κ2) is 9.00. The molecule has 148 valence electrons. The van der Waals surface area contributed by atoms with Crippen LogP contribution in [0.5, 0.6) is 0 Å². The lowest BCUT2D eigenvalue weighted by molar-refractivity contribution is -0.137. The average Bonchev–Trinajstić information content (AvgIpc) is 2.73. The van der Waals surface area contributed by atoms with Gasteiger partial charge in [-0.15, -0.1) is 0 Å². The number of carbonyl (C=O) groups excluding carboxylic acids is 2. The van der Waals surface area contributed by atoms with Crippen molar-refractivity contribution in [3.8, 4) is 0 Å². The summed E-state index contributed by atoms with van der Waals surface area (Å²) < 4.78 is 13.1. The average molecular weight is 382 g/mol. The van der Waals surface area contributed by atoms with Crippen LogP contribution >= 0.6 is 0 Å². The smallest absolute Gasteiger partial charge is 0.253 e. The van der Waals surface area contributed by atoms with Gasteiger partial charge in [0.1, 0.15) is 5.82 Å². The van der Waals surface area contributed by atoms with Crippen molar-refractivity contribution in [3.63, 3.8) is 0 Å². The fourth-order valence-corrected chi connectivity index (χ4v) is 3.74. The van der Waals surface area contributed by atoms with Gasteiger partial charge in [-0.1, -0.05) is 24.3 Å². The maximum Gasteiger partial charge on any atom is 0.253 e. The first-order valence-corrected chi connectivity index (χ1v) is 9.87. The molecule has 2 amide bonds. The van der Waals surface area contributed by atoms with E-state index in [4.69, 9.17) is 0 Å². The molecule has 1 atom stereocenters. The zero-order chi connectivity index (χ0) is 20.1. The van der Waals surface area contributed by atoms with Crippen LogP contribution in [0.25, 0.3) is 0 Å². The summed E-state index contributed by atoms with van der Waals surface area (Å²) in [6.45, 7) is 6.31. The van der Waals surface area contributed by atoms with Crippen LogP contribution in [-0.2, 0) is 11.3 Å². The van der Waals surface area contributed by atoms with E-state index in [-0.39, 0.29) is 23.5 Å². The Balaban J connectivity index is 1.68. The topological polar surface area (TPSA) is 40.6 Å². The van der Waals surface area contributed by atoms with Gasteiger partial charge in [0, 0.05) is 31.7 Å². The number of hydrogen-bond donors (Lipinski definition) is 0. The normalized spacial score (nSPS) is 16.7. The fraction of sp³-hybridized carbons (Fsp3) is 0.391. The molecule has 1 unspecified atom stereocenters. The van der Waals surface area contributed by atoms with Crippen molar-refractivity contribution >= 4 is 11.8 Å². The minimum absolute atomic E-state index is 0.0994. The number of hydrogen-bond acceptors (Lipinski definition) is 2. The van der Waals surface area contributed by atoms with E-state index in [0.717, 1.165) is 18.4 Å². The molecule has 0 spiro atoms. The highest BCUT2D eigenvalue weighted by molar-refractivity contribution is 5.94. The summed E-state index contributed by atoms with van der Waals surface area (Å²) in [5.41, 5.74) is 2.78. The predicted molar refractivity (Wildman–Crippen MR) is 107 cm³/mol. The number of carbonyl (C=O) groups is 2. The van der Waals surface area contributed by atoms with E-state index in [1.165, 1.54) is 29.8 Å². The van der Waals surface area contributed by atoms with E-state index < -0.39 is 0 Å². The van der Waals surface area contributed by atoms with Crippen LogP contribution in [0.2, 0.25) is 0 Å². The van der Waals surface area contributed by atoms with Crippen molar-refractivity contribution in [3.05, 3.63) is 71.0 Å². The van der Waals surface area contributed by atoms with Crippen LogP contribution in [-0.4, -0.2) is 41.2 Å². The Morgan fingerprint density at radius 3 is 2.54 bits per heavy atom. The number of likely N-dealkylation sites (tertiary alicyclic amines) is 1. The number of amides is 2. The molecule has 0 bridgehead atoms. The van der Waals surface area contributed by atoms with Crippen LogP contribution in [0.15, 0.2) is 48.5 Å². The van der Waals surface area contributed by atoms with Crippen LogP contribution in [0, 0.1) is 18.7 Å². The van der Waals surface area contributed by atoms with Crippen molar-refractivity contribution < 1.29 is 14.0 Å². The second-order valence-electron chi connectivity index (χ2n) is 7.38. The SMILES string of the molecule is CCN(Cc1ccccc1C)C(=O)C1CCCN(C(=O)c2ccc(F)cc2)C1. The van der Waals surface area contributed by atoms with Gasteiger partial charge < -0.3 is 9.80 Å². The van der Waals surface area contributed by atoms with Crippen LogP contribution in [0.1, 0.15) is 41.3 Å². The number of halogens is 1. The lowest BCUT2D eigenvalue weighted by atomic mass is 9.95. The molecular weight excluding hydrogens is 355 g/mol. The first-order chi connectivity index (χ1) is 13.5. The summed E-state index contributed by atoms with van der Waals surface area (Å²) in [4.78, 5) is 29.5. The van der Waals surface area contributed by atoms with E-state index in [1.807, 2.05) is 24.0 Å². The van der Waals surface area contributed by atoms with E-state index in [2.05, 4.69) is 19.1 Å². The van der Waals surface area contributed by atoms with E-state index in [1.54, 1.807) is 4.90 Å². The van der Waals surface area contributed by atoms with E-state index >= 15 is 0 Å². The Morgan fingerprint density at radius 1 is 1.14 bits per heavy atom. The molecule has 0 N–H and O–H groups in total. The highest BCUT2D eigenvalue weighted by Gasteiger charge is 2.31. The minimum Gasteiger partial charge on any atom is -0.338 e. The number of nitrogens with zero attached hydrogens (tertiary/aromatic N) is 2. The molecule has 28 heavy (non-hydrogen) atoms. The Hall–Kier alpha value is -2.69. The van der Waals surface area contributed by atoms with Gasteiger partial charge in [0.25, 0.3) is 5.91 Å². The molecule has 1 aliphatic rings. The minimum atomic E-state index is -0.363. The zero-order valence-electron chi connectivity index (χ0n) is 16.5. The van der Waals surface area contributed by atoms with Gasteiger partial charge in [-0.2, -0.15) is 0 Å². The Bertz CT molecular complexity index is 835. The number of piperidine rings is 1. The maximum absolute atomic E-state index is 13.1. The molecule has 0 aliphatic carbocycles. The van der Waals surface area contributed by atoms with Gasteiger partial charge >= 0.3 is 0 Å². The van der Waals surface area contributed by atoms with Gasteiger partial charge in [0.2, 0.25) is 5.91 Å². The number of benzene rings is 2. The third-order valence-electron chi connectivity index (χ3n) is 5.46. The first kappa shape index (κ1) is 20.1. The molecule has 0 aromatic heterocycles. The van der Waals surface area contributed by atoms with Gasteiger partial charge in [0.05, 0.1) is 5.92 Å². The highest BCUT2D eigenvalue weighted by Crippen LogP contribution is 2.22.